The molecular weight excluding hydrogens is 332 g/mol. The zero-order valence-electron chi connectivity index (χ0n) is 14.5. The molecule has 1 aromatic rings. The first kappa shape index (κ1) is 20.4. The van der Waals surface area contributed by atoms with Crippen molar-refractivity contribution in [3.63, 3.8) is 0 Å². The first-order valence-corrected chi connectivity index (χ1v) is 7.97. The average Bonchev–Trinajstić information content (AvgIpc) is 2.62. The van der Waals surface area contributed by atoms with E-state index in [-0.39, 0.29) is 24.2 Å². The van der Waals surface area contributed by atoms with E-state index in [1.807, 2.05) is 12.1 Å². The molecule has 2 N–H and O–H groups in total. The molecule has 0 spiro atoms. The fraction of sp³-hybridized carbons (Fsp3) is 0.588. The lowest BCUT2D eigenvalue weighted by Gasteiger charge is -2.22. The highest BCUT2D eigenvalue weighted by atomic mass is 35.5. The number of hydrogen-bond donors (Lipinski definition) is 2. The molecule has 0 aliphatic carbocycles. The first-order chi connectivity index (χ1) is 11.2. The number of methoxy groups -OCH3 is 3. The van der Waals surface area contributed by atoms with Gasteiger partial charge in [-0.1, -0.05) is 0 Å². The first-order valence-electron chi connectivity index (χ1n) is 7.97. The summed E-state index contributed by atoms with van der Waals surface area (Å²) < 4.78 is 16.1. The van der Waals surface area contributed by atoms with Crippen LogP contribution in [-0.2, 0) is 11.2 Å². The maximum absolute atomic E-state index is 12.2. The van der Waals surface area contributed by atoms with Crippen LogP contribution in [0.25, 0.3) is 0 Å². The molecule has 136 valence electrons. The van der Waals surface area contributed by atoms with Crippen molar-refractivity contribution in [2.75, 3.05) is 41.0 Å². The van der Waals surface area contributed by atoms with Crippen LogP contribution in [0.5, 0.6) is 17.2 Å². The second-order valence-corrected chi connectivity index (χ2v) is 5.59. The Bertz CT molecular complexity index is 508. The Hall–Kier alpha value is -1.66. The number of nitrogens with one attached hydrogen (secondary N) is 2. The van der Waals surface area contributed by atoms with Crippen molar-refractivity contribution in [2.24, 2.45) is 5.92 Å². The van der Waals surface area contributed by atoms with Gasteiger partial charge in [0.05, 0.1) is 27.2 Å². The SMILES string of the molecule is COc1cc(OC)c(CCNC(=O)C2CCCNC2)c(OC)c1.Cl. The van der Waals surface area contributed by atoms with E-state index in [2.05, 4.69) is 10.6 Å². The fourth-order valence-corrected chi connectivity index (χ4v) is 2.85. The zero-order chi connectivity index (χ0) is 16.7. The minimum Gasteiger partial charge on any atom is -0.496 e. The molecule has 1 aliphatic rings. The summed E-state index contributed by atoms with van der Waals surface area (Å²) in [5.41, 5.74) is 0.929. The normalized spacial score (nSPS) is 16.7. The van der Waals surface area contributed by atoms with Gasteiger partial charge in [-0.25, -0.2) is 0 Å². The van der Waals surface area contributed by atoms with E-state index in [9.17, 15) is 4.79 Å². The summed E-state index contributed by atoms with van der Waals surface area (Å²) in [5.74, 6) is 2.27. The van der Waals surface area contributed by atoms with E-state index in [1.54, 1.807) is 21.3 Å². The Morgan fingerprint density at radius 1 is 1.21 bits per heavy atom. The maximum atomic E-state index is 12.2. The number of hydrogen-bond acceptors (Lipinski definition) is 5. The molecular formula is C17H27ClN2O4. The third-order valence-electron chi connectivity index (χ3n) is 4.16. The van der Waals surface area contributed by atoms with Gasteiger partial charge < -0.3 is 24.8 Å². The Balaban J connectivity index is 0.00000288. The molecule has 2 rings (SSSR count). The van der Waals surface area contributed by atoms with Crippen LogP contribution in [0.3, 0.4) is 0 Å². The molecule has 0 bridgehead atoms. The van der Waals surface area contributed by atoms with E-state index in [0.717, 1.165) is 31.5 Å². The lowest BCUT2D eigenvalue weighted by atomic mass is 9.99. The highest BCUT2D eigenvalue weighted by Crippen LogP contribution is 2.34. The number of ether oxygens (including phenoxy) is 3. The Labute approximate surface area is 149 Å². The molecule has 1 aromatic carbocycles. The molecule has 0 saturated carbocycles. The van der Waals surface area contributed by atoms with E-state index in [4.69, 9.17) is 14.2 Å². The second kappa shape index (κ2) is 10.3. The number of benzene rings is 1. The molecule has 1 saturated heterocycles. The van der Waals surface area contributed by atoms with Crippen LogP contribution in [0.15, 0.2) is 12.1 Å². The monoisotopic (exact) mass is 358 g/mol. The summed E-state index contributed by atoms with van der Waals surface area (Å²) >= 11 is 0. The number of rotatable bonds is 7. The molecule has 6 nitrogen and oxygen atoms in total. The summed E-state index contributed by atoms with van der Waals surface area (Å²) in [6.07, 6.45) is 2.65. The van der Waals surface area contributed by atoms with Crippen molar-refractivity contribution in [2.45, 2.75) is 19.3 Å². The molecule has 7 heteroatoms. The summed E-state index contributed by atoms with van der Waals surface area (Å²) in [4.78, 5) is 12.2. The summed E-state index contributed by atoms with van der Waals surface area (Å²) in [7, 11) is 4.83. The Morgan fingerprint density at radius 2 is 1.88 bits per heavy atom. The van der Waals surface area contributed by atoms with Gasteiger partial charge in [0.15, 0.2) is 0 Å². The van der Waals surface area contributed by atoms with Gasteiger partial charge in [0.1, 0.15) is 17.2 Å². The quantitative estimate of drug-likeness (QED) is 0.777. The number of piperidine rings is 1. The van der Waals surface area contributed by atoms with Crippen molar-refractivity contribution in [1.82, 2.24) is 10.6 Å². The maximum Gasteiger partial charge on any atom is 0.224 e. The molecule has 0 aromatic heterocycles. The Morgan fingerprint density at radius 3 is 2.38 bits per heavy atom. The number of amides is 1. The summed E-state index contributed by atoms with van der Waals surface area (Å²) in [5, 5.41) is 6.27. The van der Waals surface area contributed by atoms with Crippen molar-refractivity contribution in [1.29, 1.82) is 0 Å². The van der Waals surface area contributed by atoms with E-state index >= 15 is 0 Å². The number of carbonyl (C=O) groups is 1. The smallest absolute Gasteiger partial charge is 0.224 e. The van der Waals surface area contributed by atoms with E-state index < -0.39 is 0 Å². The van der Waals surface area contributed by atoms with Crippen molar-refractivity contribution >= 4 is 18.3 Å². The van der Waals surface area contributed by atoms with Gasteiger partial charge in [-0.05, 0) is 25.8 Å². The largest absolute Gasteiger partial charge is 0.496 e. The van der Waals surface area contributed by atoms with Gasteiger partial charge in [0.2, 0.25) is 5.91 Å². The van der Waals surface area contributed by atoms with Gasteiger partial charge >= 0.3 is 0 Å². The number of halogens is 1. The van der Waals surface area contributed by atoms with Crippen LogP contribution < -0.4 is 24.8 Å². The molecule has 1 heterocycles. The molecule has 1 amide bonds. The highest BCUT2D eigenvalue weighted by molar-refractivity contribution is 5.85. The topological polar surface area (TPSA) is 68.8 Å². The standard InChI is InChI=1S/C17H26N2O4.ClH/c1-21-13-9-15(22-2)14(16(10-13)23-3)6-8-19-17(20)12-5-4-7-18-11-12;/h9-10,12,18H,4-8,11H2,1-3H3,(H,19,20);1H. The van der Waals surface area contributed by atoms with Gasteiger partial charge in [-0.15, -0.1) is 12.4 Å². The van der Waals surface area contributed by atoms with Crippen molar-refractivity contribution < 1.29 is 19.0 Å². The molecule has 1 unspecified atom stereocenters. The van der Waals surface area contributed by atoms with Crippen molar-refractivity contribution in [3.05, 3.63) is 17.7 Å². The van der Waals surface area contributed by atoms with Crippen molar-refractivity contribution in [3.8, 4) is 17.2 Å². The molecule has 1 fully saturated rings. The lowest BCUT2D eigenvalue weighted by molar-refractivity contribution is -0.125. The highest BCUT2D eigenvalue weighted by Gasteiger charge is 2.21. The third kappa shape index (κ3) is 5.18. The van der Waals surface area contributed by atoms with Crippen LogP contribution in [0, 0.1) is 5.92 Å². The van der Waals surface area contributed by atoms with Gasteiger partial charge in [-0.3, -0.25) is 4.79 Å². The predicted molar refractivity (Wildman–Crippen MR) is 95.7 cm³/mol. The van der Waals surface area contributed by atoms with Gasteiger partial charge in [0, 0.05) is 30.8 Å². The molecule has 0 radical (unpaired) electrons. The van der Waals surface area contributed by atoms with Gasteiger partial charge in [0.25, 0.3) is 0 Å². The van der Waals surface area contributed by atoms with Crippen LogP contribution in [0.4, 0.5) is 0 Å². The van der Waals surface area contributed by atoms with Crippen LogP contribution >= 0.6 is 12.4 Å². The second-order valence-electron chi connectivity index (χ2n) is 5.59. The van der Waals surface area contributed by atoms with Crippen LogP contribution in [0.2, 0.25) is 0 Å². The molecule has 1 atom stereocenters. The van der Waals surface area contributed by atoms with E-state index in [0.29, 0.717) is 30.2 Å². The Kier molecular flexibility index (Phi) is 8.71. The summed E-state index contributed by atoms with van der Waals surface area (Å²) in [6.45, 7) is 2.32. The molecule has 24 heavy (non-hydrogen) atoms. The zero-order valence-corrected chi connectivity index (χ0v) is 15.3. The minimum atomic E-state index is 0. The fourth-order valence-electron chi connectivity index (χ4n) is 2.85. The van der Waals surface area contributed by atoms with Gasteiger partial charge in [-0.2, -0.15) is 0 Å². The van der Waals surface area contributed by atoms with E-state index in [1.165, 1.54) is 0 Å². The number of carbonyl (C=O) groups excluding carboxylic acids is 1. The lowest BCUT2D eigenvalue weighted by Crippen LogP contribution is -2.41. The summed E-state index contributed by atoms with van der Waals surface area (Å²) in [6, 6.07) is 3.65. The predicted octanol–water partition coefficient (Wildman–Crippen LogP) is 1.79. The van der Waals surface area contributed by atoms with Crippen LogP contribution in [0.1, 0.15) is 18.4 Å². The average molecular weight is 359 g/mol. The minimum absolute atomic E-state index is 0. The van der Waals surface area contributed by atoms with Crippen LogP contribution in [-0.4, -0.2) is 46.9 Å². The molecule has 1 aliphatic heterocycles. The third-order valence-corrected chi connectivity index (χ3v) is 4.16.